The zero-order valence-electron chi connectivity index (χ0n) is 18.2. The predicted molar refractivity (Wildman–Crippen MR) is 117 cm³/mol. The van der Waals surface area contributed by atoms with Crippen molar-refractivity contribution in [2.45, 2.75) is 110 Å². The van der Waals surface area contributed by atoms with Gasteiger partial charge in [0.1, 0.15) is 0 Å². The normalized spacial score (nSPS) is 35.0. The van der Waals surface area contributed by atoms with Gasteiger partial charge in [-0.3, -0.25) is 0 Å². The lowest BCUT2D eigenvalue weighted by Crippen LogP contribution is -2.33. The number of allylic oxidation sites excluding steroid dienone is 5. The highest BCUT2D eigenvalue weighted by molar-refractivity contribution is 5.35. The monoisotopic (exact) mass is 370 g/mol. The summed E-state index contributed by atoms with van der Waals surface area (Å²) in [5, 5.41) is 9.95. The van der Waals surface area contributed by atoms with Gasteiger partial charge in [0.05, 0.1) is 5.60 Å². The van der Waals surface area contributed by atoms with Crippen LogP contribution in [0.15, 0.2) is 35.5 Å². The number of hydrogen-bond acceptors (Lipinski definition) is 1. The van der Waals surface area contributed by atoms with Crippen LogP contribution in [0.3, 0.4) is 0 Å². The summed E-state index contributed by atoms with van der Waals surface area (Å²) < 4.78 is 0. The minimum Gasteiger partial charge on any atom is -0.390 e. The van der Waals surface area contributed by atoms with Crippen LogP contribution in [-0.4, -0.2) is 10.7 Å². The third-order valence-corrected chi connectivity index (χ3v) is 7.88. The number of rotatable bonds is 6. The number of aliphatic hydroxyl groups is 1. The van der Waals surface area contributed by atoms with Crippen molar-refractivity contribution in [3.8, 4) is 0 Å². The van der Waals surface area contributed by atoms with E-state index in [0.717, 1.165) is 24.7 Å². The molecule has 3 aliphatic rings. The van der Waals surface area contributed by atoms with Crippen LogP contribution < -0.4 is 0 Å². The second-order valence-electron chi connectivity index (χ2n) is 10.5. The number of fused-ring (bicyclic) bond motifs is 1. The molecular weight excluding hydrogens is 328 g/mol. The van der Waals surface area contributed by atoms with Crippen LogP contribution in [0.5, 0.6) is 0 Å². The van der Waals surface area contributed by atoms with Gasteiger partial charge in [0, 0.05) is 0 Å². The molecule has 1 N–H and O–H groups in total. The van der Waals surface area contributed by atoms with Crippen LogP contribution in [0.25, 0.3) is 0 Å². The molecule has 27 heavy (non-hydrogen) atoms. The van der Waals surface area contributed by atoms with Crippen LogP contribution in [0.1, 0.15) is 104 Å². The van der Waals surface area contributed by atoms with Gasteiger partial charge in [-0.1, -0.05) is 49.6 Å². The Labute approximate surface area is 168 Å². The Kier molecular flexibility index (Phi) is 6.72. The van der Waals surface area contributed by atoms with E-state index >= 15 is 0 Å². The van der Waals surface area contributed by atoms with Crippen LogP contribution in [-0.2, 0) is 0 Å². The predicted octanol–water partition coefficient (Wildman–Crippen LogP) is 7.52. The van der Waals surface area contributed by atoms with Gasteiger partial charge >= 0.3 is 0 Å². The molecule has 3 fully saturated rings. The lowest BCUT2D eigenvalue weighted by atomic mass is 9.62. The fraction of sp³-hybridized carbons (Fsp3) is 0.769. The van der Waals surface area contributed by atoms with E-state index in [2.05, 4.69) is 25.7 Å². The summed E-state index contributed by atoms with van der Waals surface area (Å²) in [6.45, 7) is 10.8. The molecule has 3 saturated carbocycles. The molecule has 0 bridgehead atoms. The fourth-order valence-electron chi connectivity index (χ4n) is 6.17. The maximum absolute atomic E-state index is 9.95. The minimum absolute atomic E-state index is 0.501. The summed E-state index contributed by atoms with van der Waals surface area (Å²) in [6, 6.07) is 0. The Morgan fingerprint density at radius 3 is 2.59 bits per heavy atom. The first-order valence-corrected chi connectivity index (χ1v) is 11.6. The first kappa shape index (κ1) is 20.9. The van der Waals surface area contributed by atoms with Gasteiger partial charge in [-0.2, -0.15) is 0 Å². The molecule has 1 unspecified atom stereocenters. The molecule has 1 nitrogen and oxygen atoms in total. The molecule has 0 aliphatic heterocycles. The van der Waals surface area contributed by atoms with Crippen molar-refractivity contribution in [2.24, 2.45) is 17.3 Å². The largest absolute Gasteiger partial charge is 0.390 e. The Hall–Kier alpha value is -0.820. The second kappa shape index (κ2) is 8.68. The van der Waals surface area contributed by atoms with Crippen molar-refractivity contribution < 1.29 is 5.11 Å². The molecule has 3 aliphatic carbocycles. The average molecular weight is 371 g/mol. The van der Waals surface area contributed by atoms with Gasteiger partial charge in [0.25, 0.3) is 0 Å². The first-order chi connectivity index (χ1) is 12.8. The lowest BCUT2D eigenvalue weighted by molar-refractivity contribution is 0.0660. The molecule has 0 radical (unpaired) electrons. The van der Waals surface area contributed by atoms with Crippen LogP contribution in [0.4, 0.5) is 0 Å². The Morgan fingerprint density at radius 2 is 1.85 bits per heavy atom. The third kappa shape index (κ3) is 5.17. The number of hydrogen-bond donors (Lipinski definition) is 1. The molecule has 0 aromatic heterocycles. The molecule has 152 valence electrons. The van der Waals surface area contributed by atoms with E-state index in [-0.39, 0.29) is 0 Å². The summed E-state index contributed by atoms with van der Waals surface area (Å²) in [6.07, 6.45) is 21.6. The molecule has 0 aromatic carbocycles. The third-order valence-electron chi connectivity index (χ3n) is 7.88. The van der Waals surface area contributed by atoms with E-state index in [4.69, 9.17) is 0 Å². The van der Waals surface area contributed by atoms with Crippen LogP contribution in [0.2, 0.25) is 0 Å². The van der Waals surface area contributed by atoms with Crippen LogP contribution in [0, 0.1) is 17.3 Å². The van der Waals surface area contributed by atoms with Gasteiger partial charge in [0.15, 0.2) is 0 Å². The maximum Gasteiger partial charge on any atom is 0.0591 e. The fourth-order valence-corrected chi connectivity index (χ4v) is 6.17. The first-order valence-electron chi connectivity index (χ1n) is 11.6. The minimum atomic E-state index is -0.501. The highest BCUT2D eigenvalue weighted by Crippen LogP contribution is 2.58. The summed E-state index contributed by atoms with van der Waals surface area (Å²) in [4.78, 5) is 0. The van der Waals surface area contributed by atoms with Gasteiger partial charge in [-0.25, -0.2) is 0 Å². The zero-order valence-corrected chi connectivity index (χ0v) is 18.2. The lowest BCUT2D eigenvalue weighted by Gasteiger charge is -2.42. The standard InChI is InChI=1S/C26H42O/c1-20-10-5-6-11-21(20)14-15-22-12-9-19-26(4)23(16-17-24(22)26)13-7-8-18-25(2,3)27/h14-15,23-24,27H,1,5-13,16-19H2,2-4H3/b21-14-,22-15+/t23-,24?,26+/m0/s1. The topological polar surface area (TPSA) is 20.2 Å². The Bertz CT molecular complexity index is 588. The molecule has 0 saturated heterocycles. The molecule has 0 spiro atoms. The van der Waals surface area contributed by atoms with Crippen molar-refractivity contribution in [2.75, 3.05) is 0 Å². The molecule has 3 atom stereocenters. The van der Waals surface area contributed by atoms with Crippen molar-refractivity contribution >= 4 is 0 Å². The van der Waals surface area contributed by atoms with E-state index in [1.807, 2.05) is 13.8 Å². The van der Waals surface area contributed by atoms with Gasteiger partial charge in [-0.15, -0.1) is 0 Å². The van der Waals surface area contributed by atoms with Crippen molar-refractivity contribution in [3.63, 3.8) is 0 Å². The quantitative estimate of drug-likeness (QED) is 0.479. The summed E-state index contributed by atoms with van der Waals surface area (Å²) in [7, 11) is 0. The van der Waals surface area contributed by atoms with Crippen molar-refractivity contribution in [1.82, 2.24) is 0 Å². The van der Waals surface area contributed by atoms with Gasteiger partial charge in [0.2, 0.25) is 0 Å². The molecule has 1 heteroatoms. The Balaban J connectivity index is 1.62. The molecular formula is C26H42O. The molecule has 0 amide bonds. The molecule has 0 aromatic rings. The van der Waals surface area contributed by atoms with E-state index in [9.17, 15) is 5.11 Å². The van der Waals surface area contributed by atoms with E-state index < -0.39 is 5.60 Å². The summed E-state index contributed by atoms with van der Waals surface area (Å²) in [5.74, 6) is 1.68. The van der Waals surface area contributed by atoms with Gasteiger partial charge in [-0.05, 0) is 107 Å². The van der Waals surface area contributed by atoms with Gasteiger partial charge < -0.3 is 5.11 Å². The summed E-state index contributed by atoms with van der Waals surface area (Å²) in [5.41, 5.74) is 4.64. The van der Waals surface area contributed by atoms with Crippen molar-refractivity contribution in [3.05, 3.63) is 35.5 Å². The average Bonchev–Trinajstić information content (AvgIpc) is 2.94. The van der Waals surface area contributed by atoms with E-state index in [1.54, 1.807) is 5.57 Å². The summed E-state index contributed by atoms with van der Waals surface area (Å²) >= 11 is 0. The van der Waals surface area contributed by atoms with Crippen LogP contribution >= 0.6 is 0 Å². The smallest absolute Gasteiger partial charge is 0.0591 e. The zero-order chi connectivity index (χ0) is 19.5. The number of unbranched alkanes of at least 4 members (excludes halogenated alkanes) is 1. The van der Waals surface area contributed by atoms with E-state index in [1.165, 1.54) is 81.8 Å². The highest BCUT2D eigenvalue weighted by Gasteiger charge is 2.48. The highest BCUT2D eigenvalue weighted by atomic mass is 16.3. The van der Waals surface area contributed by atoms with E-state index in [0.29, 0.717) is 5.41 Å². The van der Waals surface area contributed by atoms with Crippen molar-refractivity contribution in [1.29, 1.82) is 0 Å². The Morgan fingerprint density at radius 1 is 1.07 bits per heavy atom. The molecule has 0 heterocycles. The molecule has 3 rings (SSSR count). The SMILES string of the molecule is C=C1CCCC/C1=C/C=C1\CCC[C@@]2(C)C1CC[C@@H]2CCCCC(C)(C)O. The maximum atomic E-state index is 9.95. The second-order valence-corrected chi connectivity index (χ2v) is 10.5.